The summed E-state index contributed by atoms with van der Waals surface area (Å²) >= 11 is 16.7. The number of amides is 1. The molecule has 1 amide bonds. The van der Waals surface area contributed by atoms with Crippen molar-refractivity contribution in [2.75, 3.05) is 0 Å². The van der Waals surface area contributed by atoms with Crippen molar-refractivity contribution in [3.05, 3.63) is 0 Å². The fourth-order valence-corrected chi connectivity index (χ4v) is 1.63. The third-order valence-electron chi connectivity index (χ3n) is 1.79. The van der Waals surface area contributed by atoms with E-state index in [1.54, 1.807) is 0 Å². The molecule has 1 unspecified atom stereocenters. The Hall–Kier alpha value is 0.340. The van der Waals surface area contributed by atoms with Gasteiger partial charge in [-0.05, 0) is 6.42 Å². The van der Waals surface area contributed by atoms with Crippen LogP contribution in [0.25, 0.3) is 0 Å². The van der Waals surface area contributed by atoms with Crippen LogP contribution in [0.3, 0.4) is 0 Å². The zero-order chi connectivity index (χ0) is 10.5. The summed E-state index contributed by atoms with van der Waals surface area (Å²) in [5, 5.41) is 0. The van der Waals surface area contributed by atoms with Crippen LogP contribution in [0.4, 0.5) is 0 Å². The van der Waals surface area contributed by atoms with Crippen molar-refractivity contribution in [1.82, 2.24) is 0 Å². The first-order valence-corrected chi connectivity index (χ1v) is 5.36. The maximum absolute atomic E-state index is 10.9. The van der Waals surface area contributed by atoms with Crippen LogP contribution in [0.15, 0.2) is 0 Å². The molecule has 2 nitrogen and oxygen atoms in total. The SMILES string of the molecule is CCCCC(CC(Cl)(Cl)Cl)C(N)=O. The quantitative estimate of drug-likeness (QED) is 0.745. The smallest absolute Gasteiger partial charge is 0.220 e. The molecular weight excluding hydrogens is 232 g/mol. The van der Waals surface area contributed by atoms with Gasteiger partial charge in [0.1, 0.15) is 0 Å². The minimum atomic E-state index is -1.38. The Morgan fingerprint density at radius 1 is 1.46 bits per heavy atom. The van der Waals surface area contributed by atoms with E-state index in [0.29, 0.717) is 6.42 Å². The number of halogens is 3. The van der Waals surface area contributed by atoms with Gasteiger partial charge in [-0.1, -0.05) is 54.6 Å². The van der Waals surface area contributed by atoms with Crippen LogP contribution in [0.1, 0.15) is 32.6 Å². The number of hydrogen-bond acceptors (Lipinski definition) is 1. The molecule has 0 fully saturated rings. The molecule has 1 atom stereocenters. The van der Waals surface area contributed by atoms with Gasteiger partial charge in [0.05, 0.1) is 0 Å². The van der Waals surface area contributed by atoms with E-state index in [1.165, 1.54) is 0 Å². The Labute approximate surface area is 93.7 Å². The average molecular weight is 247 g/mol. The van der Waals surface area contributed by atoms with Gasteiger partial charge in [0.2, 0.25) is 5.91 Å². The third-order valence-corrected chi connectivity index (χ3v) is 2.25. The van der Waals surface area contributed by atoms with Crippen LogP contribution < -0.4 is 5.73 Å². The van der Waals surface area contributed by atoms with Crippen LogP contribution in [-0.4, -0.2) is 9.70 Å². The maximum Gasteiger partial charge on any atom is 0.220 e. The Kier molecular flexibility index (Phi) is 6.10. The number of nitrogens with two attached hydrogens (primary N) is 1. The first-order valence-electron chi connectivity index (χ1n) is 4.23. The highest BCUT2D eigenvalue weighted by Gasteiger charge is 2.28. The topological polar surface area (TPSA) is 43.1 Å². The van der Waals surface area contributed by atoms with E-state index in [2.05, 4.69) is 0 Å². The predicted molar refractivity (Wildman–Crippen MR) is 57.1 cm³/mol. The normalized spacial score (nSPS) is 14.2. The van der Waals surface area contributed by atoms with Gasteiger partial charge in [-0.25, -0.2) is 0 Å². The van der Waals surface area contributed by atoms with E-state index in [1.807, 2.05) is 6.92 Å². The standard InChI is InChI=1S/C8H14Cl3NO/c1-2-3-4-6(7(12)13)5-8(9,10)11/h6H,2-5H2,1H3,(H2,12,13). The lowest BCUT2D eigenvalue weighted by molar-refractivity contribution is -0.122. The van der Waals surface area contributed by atoms with Crippen molar-refractivity contribution in [1.29, 1.82) is 0 Å². The summed E-state index contributed by atoms with van der Waals surface area (Å²) < 4.78 is -1.38. The van der Waals surface area contributed by atoms with Crippen LogP contribution in [0.5, 0.6) is 0 Å². The molecule has 0 rings (SSSR count). The van der Waals surface area contributed by atoms with E-state index in [9.17, 15) is 4.79 Å². The minimum Gasteiger partial charge on any atom is -0.369 e. The van der Waals surface area contributed by atoms with E-state index in [-0.39, 0.29) is 18.2 Å². The van der Waals surface area contributed by atoms with Crippen LogP contribution in [0, 0.1) is 5.92 Å². The number of primary amides is 1. The van der Waals surface area contributed by atoms with Gasteiger partial charge in [0.25, 0.3) is 0 Å². The van der Waals surface area contributed by atoms with Crippen molar-refractivity contribution in [2.45, 2.75) is 36.4 Å². The first kappa shape index (κ1) is 13.3. The van der Waals surface area contributed by atoms with Crippen LogP contribution in [-0.2, 0) is 4.79 Å². The fraction of sp³-hybridized carbons (Fsp3) is 0.875. The van der Waals surface area contributed by atoms with Crippen LogP contribution in [0.2, 0.25) is 0 Å². The van der Waals surface area contributed by atoms with E-state index in [4.69, 9.17) is 40.5 Å². The van der Waals surface area contributed by atoms with Crippen molar-refractivity contribution >= 4 is 40.7 Å². The number of alkyl halides is 3. The summed E-state index contributed by atoms with van der Waals surface area (Å²) in [6.07, 6.45) is 2.82. The number of carbonyl (C=O) groups excluding carboxylic acids is 1. The second kappa shape index (κ2) is 5.94. The fourth-order valence-electron chi connectivity index (χ4n) is 1.07. The zero-order valence-corrected chi connectivity index (χ0v) is 9.79. The van der Waals surface area contributed by atoms with Crippen molar-refractivity contribution in [2.24, 2.45) is 11.7 Å². The molecule has 0 aliphatic heterocycles. The van der Waals surface area contributed by atoms with Crippen molar-refractivity contribution < 1.29 is 4.79 Å². The first-order chi connectivity index (χ1) is 5.87. The molecule has 0 aromatic heterocycles. The summed E-state index contributed by atoms with van der Waals surface area (Å²) in [6.45, 7) is 2.04. The van der Waals surface area contributed by atoms with E-state index >= 15 is 0 Å². The molecule has 0 aliphatic rings. The van der Waals surface area contributed by atoms with Crippen molar-refractivity contribution in [3.8, 4) is 0 Å². The molecular formula is C8H14Cl3NO. The number of rotatable bonds is 5. The van der Waals surface area contributed by atoms with Crippen LogP contribution >= 0.6 is 34.8 Å². The Balaban J connectivity index is 4.03. The van der Waals surface area contributed by atoms with Gasteiger partial charge in [-0.2, -0.15) is 0 Å². The zero-order valence-electron chi connectivity index (χ0n) is 7.53. The second-order valence-electron chi connectivity index (χ2n) is 3.06. The monoisotopic (exact) mass is 245 g/mol. The molecule has 0 aromatic rings. The van der Waals surface area contributed by atoms with Gasteiger partial charge in [-0.15, -0.1) is 0 Å². The Bertz CT molecular complexity index is 167. The van der Waals surface area contributed by atoms with E-state index < -0.39 is 3.79 Å². The molecule has 0 radical (unpaired) electrons. The Morgan fingerprint density at radius 3 is 2.31 bits per heavy atom. The number of hydrogen-bond donors (Lipinski definition) is 1. The minimum absolute atomic E-state index is 0.201. The molecule has 2 N–H and O–H groups in total. The van der Waals surface area contributed by atoms with Gasteiger partial charge in [0.15, 0.2) is 3.79 Å². The molecule has 78 valence electrons. The summed E-state index contributed by atoms with van der Waals surface area (Å²) in [4.78, 5) is 10.9. The van der Waals surface area contributed by atoms with Gasteiger partial charge >= 0.3 is 0 Å². The number of carbonyl (C=O) groups is 1. The molecule has 0 aliphatic carbocycles. The molecule has 0 heterocycles. The van der Waals surface area contributed by atoms with Crippen molar-refractivity contribution in [3.63, 3.8) is 0 Å². The number of unbranched alkanes of at least 4 members (excludes halogenated alkanes) is 1. The lowest BCUT2D eigenvalue weighted by Gasteiger charge is -2.17. The molecule has 13 heavy (non-hydrogen) atoms. The average Bonchev–Trinajstić information content (AvgIpc) is 1.95. The van der Waals surface area contributed by atoms with Gasteiger partial charge in [-0.3, -0.25) is 4.79 Å². The molecule has 0 aromatic carbocycles. The lowest BCUT2D eigenvalue weighted by Crippen LogP contribution is -2.27. The molecule has 0 saturated heterocycles. The molecule has 5 heteroatoms. The Morgan fingerprint density at radius 2 is 2.00 bits per heavy atom. The summed E-state index contributed by atoms with van der Waals surface area (Å²) in [7, 11) is 0. The largest absolute Gasteiger partial charge is 0.369 e. The van der Waals surface area contributed by atoms with Gasteiger partial charge < -0.3 is 5.73 Å². The van der Waals surface area contributed by atoms with Gasteiger partial charge in [0, 0.05) is 12.3 Å². The van der Waals surface area contributed by atoms with E-state index in [0.717, 1.165) is 12.8 Å². The highest BCUT2D eigenvalue weighted by molar-refractivity contribution is 6.67. The summed E-state index contributed by atoms with van der Waals surface area (Å²) in [5.74, 6) is -0.716. The predicted octanol–water partition coefficient (Wildman–Crippen LogP) is 3.04. The second-order valence-corrected chi connectivity index (χ2v) is 5.58. The molecule has 0 bridgehead atoms. The lowest BCUT2D eigenvalue weighted by atomic mass is 9.99. The summed E-state index contributed by atoms with van der Waals surface area (Å²) in [6, 6.07) is 0. The molecule has 0 spiro atoms. The maximum atomic E-state index is 10.9. The third kappa shape index (κ3) is 7.41. The molecule has 0 saturated carbocycles. The highest BCUT2D eigenvalue weighted by Crippen LogP contribution is 2.34. The summed E-state index contributed by atoms with van der Waals surface area (Å²) in [5.41, 5.74) is 5.17. The highest BCUT2D eigenvalue weighted by atomic mass is 35.6.